The van der Waals surface area contributed by atoms with Gasteiger partial charge in [-0.2, -0.15) is 4.98 Å². The summed E-state index contributed by atoms with van der Waals surface area (Å²) in [5.74, 6) is 0.428. The molecule has 0 aromatic carbocycles. The smallest absolute Gasteiger partial charge is 0.351 e. The molecular formula is C10H10N4O2. The molecule has 0 amide bonds. The molecule has 16 heavy (non-hydrogen) atoms. The van der Waals surface area contributed by atoms with E-state index in [1.165, 1.54) is 7.11 Å². The average molecular weight is 218 g/mol. The summed E-state index contributed by atoms with van der Waals surface area (Å²) >= 11 is 0. The molecule has 0 radical (unpaired) electrons. The lowest BCUT2D eigenvalue weighted by Gasteiger charge is -2.04. The van der Waals surface area contributed by atoms with Crippen LogP contribution >= 0.6 is 0 Å². The number of rotatable bonds is 2. The van der Waals surface area contributed by atoms with Crippen LogP contribution < -0.4 is 10.4 Å². The monoisotopic (exact) mass is 218 g/mol. The van der Waals surface area contributed by atoms with E-state index < -0.39 is 5.69 Å². The Hall–Kier alpha value is -2.24. The van der Waals surface area contributed by atoms with Crippen LogP contribution in [0.15, 0.2) is 23.3 Å². The zero-order valence-corrected chi connectivity index (χ0v) is 8.89. The maximum Gasteiger partial charge on any atom is 0.351 e. The van der Waals surface area contributed by atoms with Crippen molar-refractivity contribution in [2.24, 2.45) is 0 Å². The highest BCUT2D eigenvalue weighted by atomic mass is 16.5. The lowest BCUT2D eigenvalue weighted by Crippen LogP contribution is -2.14. The molecule has 0 atom stereocenters. The van der Waals surface area contributed by atoms with Crippen molar-refractivity contribution in [1.82, 2.24) is 19.9 Å². The summed E-state index contributed by atoms with van der Waals surface area (Å²) in [7, 11) is 1.41. The highest BCUT2D eigenvalue weighted by molar-refractivity contribution is 5.58. The van der Waals surface area contributed by atoms with E-state index in [-0.39, 0.29) is 6.01 Å². The molecule has 6 heteroatoms. The molecule has 82 valence electrons. The third kappa shape index (κ3) is 1.90. The van der Waals surface area contributed by atoms with Gasteiger partial charge >= 0.3 is 11.7 Å². The molecule has 0 saturated carbocycles. The second-order valence-electron chi connectivity index (χ2n) is 3.18. The first-order valence-electron chi connectivity index (χ1n) is 4.64. The van der Waals surface area contributed by atoms with Gasteiger partial charge in [0.15, 0.2) is 0 Å². The van der Waals surface area contributed by atoms with E-state index in [2.05, 4.69) is 19.9 Å². The Labute approximate surface area is 91.4 Å². The number of nitrogens with one attached hydrogen (secondary N) is 1. The Morgan fingerprint density at radius 2 is 2.19 bits per heavy atom. The molecular weight excluding hydrogens is 208 g/mol. The molecule has 0 saturated heterocycles. The second-order valence-corrected chi connectivity index (χ2v) is 3.18. The number of ether oxygens (including phenoxy) is 1. The molecule has 0 bridgehead atoms. The molecule has 0 aliphatic carbocycles. The number of methoxy groups -OCH3 is 1. The van der Waals surface area contributed by atoms with Crippen molar-refractivity contribution in [3.05, 3.63) is 34.5 Å². The van der Waals surface area contributed by atoms with Crippen LogP contribution in [-0.4, -0.2) is 27.0 Å². The van der Waals surface area contributed by atoms with E-state index in [0.717, 1.165) is 11.1 Å². The number of aromatic nitrogens is 4. The van der Waals surface area contributed by atoms with Crippen molar-refractivity contribution in [2.75, 3.05) is 7.11 Å². The van der Waals surface area contributed by atoms with E-state index in [1.54, 1.807) is 18.5 Å². The first-order valence-corrected chi connectivity index (χ1v) is 4.64. The number of aromatic amines is 1. The SMILES string of the molecule is COc1nc(-c2ccncc2C)[nH]c(=O)n1. The van der Waals surface area contributed by atoms with Gasteiger partial charge in [0.2, 0.25) is 0 Å². The van der Waals surface area contributed by atoms with Crippen LogP contribution in [0.3, 0.4) is 0 Å². The third-order valence-electron chi connectivity index (χ3n) is 2.09. The number of aryl methyl sites for hydroxylation is 1. The topological polar surface area (TPSA) is 80.8 Å². The quantitative estimate of drug-likeness (QED) is 0.795. The molecule has 2 aromatic heterocycles. The Morgan fingerprint density at radius 3 is 2.88 bits per heavy atom. The van der Waals surface area contributed by atoms with Crippen LogP contribution in [0.25, 0.3) is 11.4 Å². The fourth-order valence-electron chi connectivity index (χ4n) is 1.32. The Balaban J connectivity index is 2.60. The van der Waals surface area contributed by atoms with Gasteiger partial charge in [0.25, 0.3) is 0 Å². The van der Waals surface area contributed by atoms with Crippen molar-refractivity contribution < 1.29 is 4.74 Å². The predicted octanol–water partition coefficient (Wildman–Crippen LogP) is 0.544. The van der Waals surface area contributed by atoms with Gasteiger partial charge in [0, 0.05) is 18.0 Å². The van der Waals surface area contributed by atoms with E-state index in [0.29, 0.717) is 5.82 Å². The van der Waals surface area contributed by atoms with E-state index in [9.17, 15) is 4.79 Å². The average Bonchev–Trinajstić information content (AvgIpc) is 2.28. The van der Waals surface area contributed by atoms with Crippen molar-refractivity contribution in [3.63, 3.8) is 0 Å². The van der Waals surface area contributed by atoms with Crippen LogP contribution in [0.2, 0.25) is 0 Å². The van der Waals surface area contributed by atoms with Crippen LogP contribution in [0, 0.1) is 6.92 Å². The number of H-pyrrole nitrogens is 1. The summed E-state index contributed by atoms with van der Waals surface area (Å²) in [4.78, 5) is 25.4. The van der Waals surface area contributed by atoms with Gasteiger partial charge in [-0.05, 0) is 18.6 Å². The normalized spacial score (nSPS) is 10.1. The molecule has 2 aromatic rings. The minimum absolute atomic E-state index is 0.0509. The fraction of sp³-hybridized carbons (Fsp3) is 0.200. The van der Waals surface area contributed by atoms with E-state index in [4.69, 9.17) is 4.74 Å². The molecule has 0 fully saturated rings. The summed E-state index contributed by atoms with van der Waals surface area (Å²) in [6.45, 7) is 1.88. The maximum absolute atomic E-state index is 11.3. The number of hydrogen-bond donors (Lipinski definition) is 1. The summed E-state index contributed by atoms with van der Waals surface area (Å²) in [6, 6.07) is 1.82. The van der Waals surface area contributed by atoms with Crippen LogP contribution in [0.4, 0.5) is 0 Å². The van der Waals surface area contributed by atoms with Crippen LogP contribution in [0.1, 0.15) is 5.56 Å². The molecule has 0 aliphatic heterocycles. The molecule has 2 heterocycles. The number of pyridine rings is 1. The Kier molecular flexibility index (Phi) is 2.63. The van der Waals surface area contributed by atoms with Gasteiger partial charge in [-0.1, -0.05) is 0 Å². The van der Waals surface area contributed by atoms with E-state index in [1.807, 2.05) is 6.92 Å². The van der Waals surface area contributed by atoms with Crippen molar-refractivity contribution in [1.29, 1.82) is 0 Å². The van der Waals surface area contributed by atoms with Crippen LogP contribution in [0.5, 0.6) is 6.01 Å². The van der Waals surface area contributed by atoms with Gasteiger partial charge in [-0.3, -0.25) is 9.97 Å². The molecule has 0 aliphatic rings. The minimum atomic E-state index is -0.488. The van der Waals surface area contributed by atoms with Gasteiger partial charge in [0.05, 0.1) is 7.11 Å². The van der Waals surface area contributed by atoms with Gasteiger partial charge in [-0.15, -0.1) is 4.98 Å². The number of hydrogen-bond acceptors (Lipinski definition) is 5. The van der Waals surface area contributed by atoms with Crippen molar-refractivity contribution in [3.8, 4) is 17.4 Å². The van der Waals surface area contributed by atoms with Gasteiger partial charge < -0.3 is 4.74 Å². The maximum atomic E-state index is 11.3. The van der Waals surface area contributed by atoms with E-state index >= 15 is 0 Å². The summed E-state index contributed by atoms with van der Waals surface area (Å²) in [5, 5.41) is 0. The second kappa shape index (κ2) is 4.09. The summed E-state index contributed by atoms with van der Waals surface area (Å²) in [6.07, 6.45) is 3.33. The third-order valence-corrected chi connectivity index (χ3v) is 2.09. The zero-order chi connectivity index (χ0) is 11.5. The predicted molar refractivity (Wildman–Crippen MR) is 57.2 cm³/mol. The standard InChI is InChI=1S/C10H10N4O2/c1-6-5-11-4-3-7(6)8-12-9(15)14-10(13-8)16-2/h3-5H,1-2H3,(H,12,13,14,15). The first kappa shape index (κ1) is 10.3. The summed E-state index contributed by atoms with van der Waals surface area (Å²) < 4.78 is 4.84. The Morgan fingerprint density at radius 1 is 1.38 bits per heavy atom. The molecule has 0 unspecified atom stereocenters. The van der Waals surface area contributed by atoms with Crippen LogP contribution in [-0.2, 0) is 0 Å². The first-order chi connectivity index (χ1) is 7.70. The largest absolute Gasteiger partial charge is 0.467 e. The lowest BCUT2D eigenvalue weighted by molar-refractivity contribution is 0.377. The highest BCUT2D eigenvalue weighted by Crippen LogP contribution is 2.17. The zero-order valence-electron chi connectivity index (χ0n) is 8.89. The minimum Gasteiger partial charge on any atom is -0.467 e. The van der Waals surface area contributed by atoms with Crippen molar-refractivity contribution in [2.45, 2.75) is 6.92 Å². The highest BCUT2D eigenvalue weighted by Gasteiger charge is 2.07. The fourth-order valence-corrected chi connectivity index (χ4v) is 1.32. The Bertz CT molecular complexity index is 565. The van der Waals surface area contributed by atoms with Gasteiger partial charge in [-0.25, -0.2) is 4.79 Å². The lowest BCUT2D eigenvalue weighted by atomic mass is 10.1. The number of nitrogens with zero attached hydrogens (tertiary/aromatic N) is 3. The molecule has 0 spiro atoms. The van der Waals surface area contributed by atoms with Crippen molar-refractivity contribution >= 4 is 0 Å². The molecule has 2 rings (SSSR count). The van der Waals surface area contributed by atoms with Gasteiger partial charge in [0.1, 0.15) is 5.82 Å². The summed E-state index contributed by atoms with van der Waals surface area (Å²) in [5.41, 5.74) is 1.23. The molecule has 6 nitrogen and oxygen atoms in total. The molecule has 1 N–H and O–H groups in total.